The molecule has 0 fully saturated rings. The highest BCUT2D eigenvalue weighted by atomic mass is 19.2. The van der Waals surface area contributed by atoms with Crippen LogP contribution in [0.15, 0.2) is 54.9 Å². The third kappa shape index (κ3) is 3.96. The zero-order valence-corrected chi connectivity index (χ0v) is 13.2. The monoisotopic (exact) mass is 351 g/mol. The van der Waals surface area contributed by atoms with Crippen LogP contribution in [0, 0.1) is 23.0 Å². The Bertz CT molecular complexity index is 1020. The molecule has 0 atom stereocenters. The minimum Gasteiger partial charge on any atom is -0.340 e. The highest BCUT2D eigenvalue weighted by Crippen LogP contribution is 2.18. The number of halogens is 2. The zero-order chi connectivity index (χ0) is 18.5. The molecule has 0 spiro atoms. The van der Waals surface area contributed by atoms with Gasteiger partial charge < -0.3 is 10.6 Å². The van der Waals surface area contributed by atoms with Crippen molar-refractivity contribution in [3.63, 3.8) is 0 Å². The summed E-state index contributed by atoms with van der Waals surface area (Å²) in [4.78, 5) is 20.1. The van der Waals surface area contributed by atoms with Crippen molar-refractivity contribution in [3.8, 4) is 6.07 Å². The van der Waals surface area contributed by atoms with Gasteiger partial charge in [-0.3, -0.25) is 4.79 Å². The minimum atomic E-state index is -1.00. The van der Waals surface area contributed by atoms with Crippen LogP contribution in [0.5, 0.6) is 0 Å². The molecular formula is C18H11F2N5O. The van der Waals surface area contributed by atoms with Crippen LogP contribution in [0.25, 0.3) is 0 Å². The molecular weight excluding hydrogens is 340 g/mol. The number of rotatable bonds is 4. The lowest BCUT2D eigenvalue weighted by molar-refractivity contribution is 0.102. The highest BCUT2D eigenvalue weighted by molar-refractivity contribution is 6.03. The molecule has 1 heterocycles. The number of nitrogens with zero attached hydrogens (tertiary/aromatic N) is 3. The van der Waals surface area contributed by atoms with E-state index in [0.717, 1.165) is 12.1 Å². The molecule has 0 radical (unpaired) electrons. The largest absolute Gasteiger partial charge is 0.340 e. The van der Waals surface area contributed by atoms with Crippen molar-refractivity contribution < 1.29 is 13.6 Å². The lowest BCUT2D eigenvalue weighted by Crippen LogP contribution is -2.14. The minimum absolute atomic E-state index is 0.0624. The van der Waals surface area contributed by atoms with Gasteiger partial charge in [-0.25, -0.2) is 18.7 Å². The molecule has 3 aromatic rings. The summed E-state index contributed by atoms with van der Waals surface area (Å²) < 4.78 is 26.2. The standard InChI is InChI=1S/C18H11F2N5O/c19-14-5-4-13(7-15(14)20)24-17-8-16(22-10-23-17)18(26)25-12-3-1-2-11(6-12)9-21/h1-8,10H,(H,25,26)(H,22,23,24). The number of hydrogen-bond donors (Lipinski definition) is 2. The van der Waals surface area contributed by atoms with Gasteiger partial charge in [-0.05, 0) is 30.3 Å². The van der Waals surface area contributed by atoms with Crippen molar-refractivity contribution in [2.45, 2.75) is 0 Å². The van der Waals surface area contributed by atoms with Crippen molar-refractivity contribution in [1.29, 1.82) is 5.26 Å². The normalized spacial score (nSPS) is 10.0. The van der Waals surface area contributed by atoms with Gasteiger partial charge in [0, 0.05) is 23.5 Å². The maximum absolute atomic E-state index is 13.3. The number of benzene rings is 2. The second kappa shape index (κ2) is 7.36. The summed E-state index contributed by atoms with van der Waals surface area (Å²) in [5.41, 5.74) is 1.19. The average molecular weight is 351 g/mol. The summed E-state index contributed by atoms with van der Waals surface area (Å²) in [6, 6.07) is 13.1. The summed E-state index contributed by atoms with van der Waals surface area (Å²) >= 11 is 0. The van der Waals surface area contributed by atoms with E-state index in [1.54, 1.807) is 18.2 Å². The SMILES string of the molecule is N#Cc1cccc(NC(=O)c2cc(Nc3ccc(F)c(F)c3)ncn2)c1. The molecule has 1 amide bonds. The summed E-state index contributed by atoms with van der Waals surface area (Å²) in [7, 11) is 0. The highest BCUT2D eigenvalue weighted by Gasteiger charge is 2.10. The number of hydrogen-bond acceptors (Lipinski definition) is 5. The summed E-state index contributed by atoms with van der Waals surface area (Å²) in [6.07, 6.45) is 1.17. The maximum atomic E-state index is 13.3. The molecule has 128 valence electrons. The maximum Gasteiger partial charge on any atom is 0.274 e. The Morgan fingerprint density at radius 1 is 1.00 bits per heavy atom. The Morgan fingerprint density at radius 3 is 2.62 bits per heavy atom. The van der Waals surface area contributed by atoms with Crippen molar-refractivity contribution in [1.82, 2.24) is 9.97 Å². The van der Waals surface area contributed by atoms with Crippen molar-refractivity contribution >= 4 is 23.1 Å². The van der Waals surface area contributed by atoms with Gasteiger partial charge in [0.1, 0.15) is 17.8 Å². The van der Waals surface area contributed by atoms with Crippen LogP contribution in [0.1, 0.15) is 16.1 Å². The van der Waals surface area contributed by atoms with Gasteiger partial charge in [0.2, 0.25) is 0 Å². The fourth-order valence-corrected chi connectivity index (χ4v) is 2.13. The van der Waals surface area contributed by atoms with Crippen LogP contribution in [0.2, 0.25) is 0 Å². The Labute approximate surface area is 147 Å². The number of nitriles is 1. The first-order valence-corrected chi connectivity index (χ1v) is 7.41. The first-order valence-electron chi connectivity index (χ1n) is 7.41. The van der Waals surface area contributed by atoms with Crippen LogP contribution in [-0.2, 0) is 0 Å². The van der Waals surface area contributed by atoms with E-state index in [2.05, 4.69) is 20.6 Å². The number of nitrogens with one attached hydrogen (secondary N) is 2. The van der Waals surface area contributed by atoms with E-state index in [-0.39, 0.29) is 17.2 Å². The van der Waals surface area contributed by atoms with E-state index in [1.165, 1.54) is 24.5 Å². The average Bonchev–Trinajstić information content (AvgIpc) is 2.65. The lowest BCUT2D eigenvalue weighted by atomic mass is 10.2. The van der Waals surface area contributed by atoms with E-state index < -0.39 is 17.5 Å². The summed E-state index contributed by atoms with van der Waals surface area (Å²) in [6.45, 7) is 0. The molecule has 0 aliphatic rings. The molecule has 26 heavy (non-hydrogen) atoms. The molecule has 2 N–H and O–H groups in total. The van der Waals surface area contributed by atoms with Gasteiger partial charge >= 0.3 is 0 Å². The van der Waals surface area contributed by atoms with E-state index in [4.69, 9.17) is 5.26 Å². The molecule has 0 saturated carbocycles. The second-order valence-electron chi connectivity index (χ2n) is 5.19. The predicted octanol–water partition coefficient (Wildman–Crippen LogP) is 3.62. The first-order chi connectivity index (χ1) is 12.5. The third-order valence-electron chi connectivity index (χ3n) is 3.34. The molecule has 0 aliphatic heterocycles. The third-order valence-corrected chi connectivity index (χ3v) is 3.34. The van der Waals surface area contributed by atoms with Crippen molar-refractivity contribution in [2.75, 3.05) is 10.6 Å². The fraction of sp³-hybridized carbons (Fsp3) is 0. The number of amides is 1. The van der Waals surface area contributed by atoms with E-state index in [1.807, 2.05) is 6.07 Å². The van der Waals surface area contributed by atoms with E-state index in [9.17, 15) is 13.6 Å². The Balaban J connectivity index is 1.76. The number of anilines is 3. The van der Waals surface area contributed by atoms with Gasteiger partial charge in [0.25, 0.3) is 5.91 Å². The number of carbonyl (C=O) groups is 1. The smallest absolute Gasteiger partial charge is 0.274 e. The molecule has 0 bridgehead atoms. The van der Waals surface area contributed by atoms with Crippen molar-refractivity contribution in [3.05, 3.63) is 77.8 Å². The molecule has 8 heteroatoms. The number of carbonyl (C=O) groups excluding carboxylic acids is 1. The van der Waals surface area contributed by atoms with Crippen LogP contribution in [0.3, 0.4) is 0 Å². The Hall–Kier alpha value is -3.86. The molecule has 2 aromatic carbocycles. The van der Waals surface area contributed by atoms with Gasteiger partial charge in [0.05, 0.1) is 11.6 Å². The summed E-state index contributed by atoms with van der Waals surface area (Å²) in [5.74, 6) is -2.23. The molecule has 0 aliphatic carbocycles. The van der Waals surface area contributed by atoms with E-state index >= 15 is 0 Å². The zero-order valence-electron chi connectivity index (χ0n) is 13.2. The molecule has 0 unspecified atom stereocenters. The van der Waals surface area contributed by atoms with Crippen LogP contribution in [0.4, 0.5) is 26.0 Å². The number of aromatic nitrogens is 2. The van der Waals surface area contributed by atoms with Crippen molar-refractivity contribution in [2.24, 2.45) is 0 Å². The first kappa shape index (κ1) is 17.0. The van der Waals surface area contributed by atoms with Gasteiger partial charge in [-0.15, -0.1) is 0 Å². The topological polar surface area (TPSA) is 90.7 Å². The fourth-order valence-electron chi connectivity index (χ4n) is 2.13. The van der Waals surface area contributed by atoms with E-state index in [0.29, 0.717) is 11.3 Å². The second-order valence-corrected chi connectivity index (χ2v) is 5.19. The van der Waals surface area contributed by atoms with Gasteiger partial charge in [0.15, 0.2) is 11.6 Å². The molecule has 3 rings (SSSR count). The summed E-state index contributed by atoms with van der Waals surface area (Å²) in [5, 5.41) is 14.3. The Morgan fingerprint density at radius 2 is 1.85 bits per heavy atom. The lowest BCUT2D eigenvalue weighted by Gasteiger charge is -2.08. The van der Waals surface area contributed by atoms with Crippen LogP contribution < -0.4 is 10.6 Å². The van der Waals surface area contributed by atoms with Gasteiger partial charge in [-0.1, -0.05) is 6.07 Å². The quantitative estimate of drug-likeness (QED) is 0.749. The molecule has 6 nitrogen and oxygen atoms in total. The molecule has 0 saturated heterocycles. The molecule has 1 aromatic heterocycles. The Kier molecular flexibility index (Phi) is 4.80. The van der Waals surface area contributed by atoms with Crippen LogP contribution in [-0.4, -0.2) is 15.9 Å². The predicted molar refractivity (Wildman–Crippen MR) is 90.8 cm³/mol. The van der Waals surface area contributed by atoms with Crippen LogP contribution >= 0.6 is 0 Å². The van der Waals surface area contributed by atoms with Gasteiger partial charge in [-0.2, -0.15) is 5.26 Å².